The second-order valence-electron chi connectivity index (χ2n) is 6.54. The SMILES string of the molecule is O=C(NC1CCCCC1)c1cc(NCCc2ccc(Cl)cc2)ccn1. The fourth-order valence-electron chi connectivity index (χ4n) is 3.17. The van der Waals surface area contributed by atoms with E-state index in [-0.39, 0.29) is 5.91 Å². The van der Waals surface area contributed by atoms with Crippen molar-refractivity contribution in [1.82, 2.24) is 10.3 Å². The summed E-state index contributed by atoms with van der Waals surface area (Å²) in [5, 5.41) is 7.21. The minimum Gasteiger partial charge on any atom is -0.385 e. The predicted molar refractivity (Wildman–Crippen MR) is 102 cm³/mol. The van der Waals surface area contributed by atoms with Crippen LogP contribution in [0.25, 0.3) is 0 Å². The number of anilines is 1. The van der Waals surface area contributed by atoms with Gasteiger partial charge in [-0.15, -0.1) is 0 Å². The molecular weight excluding hydrogens is 334 g/mol. The highest BCUT2D eigenvalue weighted by atomic mass is 35.5. The predicted octanol–water partition coefficient (Wildman–Crippen LogP) is 4.45. The van der Waals surface area contributed by atoms with Crippen molar-refractivity contribution in [1.29, 1.82) is 0 Å². The van der Waals surface area contributed by atoms with E-state index < -0.39 is 0 Å². The number of carbonyl (C=O) groups is 1. The molecule has 0 radical (unpaired) electrons. The normalized spacial score (nSPS) is 14.9. The smallest absolute Gasteiger partial charge is 0.270 e. The Kier molecular flexibility index (Phi) is 6.29. The lowest BCUT2D eigenvalue weighted by Crippen LogP contribution is -2.36. The van der Waals surface area contributed by atoms with Crippen LogP contribution < -0.4 is 10.6 Å². The number of rotatable bonds is 6. The average molecular weight is 358 g/mol. The largest absolute Gasteiger partial charge is 0.385 e. The minimum absolute atomic E-state index is 0.0757. The van der Waals surface area contributed by atoms with Crippen molar-refractivity contribution in [2.24, 2.45) is 0 Å². The van der Waals surface area contributed by atoms with Gasteiger partial charge in [0.05, 0.1) is 0 Å². The quantitative estimate of drug-likeness (QED) is 0.802. The number of nitrogens with zero attached hydrogens (tertiary/aromatic N) is 1. The van der Waals surface area contributed by atoms with Crippen LogP contribution in [0.3, 0.4) is 0 Å². The molecule has 0 aliphatic heterocycles. The average Bonchev–Trinajstić information content (AvgIpc) is 2.64. The lowest BCUT2D eigenvalue weighted by Gasteiger charge is -2.22. The van der Waals surface area contributed by atoms with Crippen molar-refractivity contribution in [2.45, 2.75) is 44.6 Å². The monoisotopic (exact) mass is 357 g/mol. The van der Waals surface area contributed by atoms with Crippen LogP contribution in [0, 0.1) is 0 Å². The van der Waals surface area contributed by atoms with Gasteiger partial charge < -0.3 is 10.6 Å². The number of hydrogen-bond donors (Lipinski definition) is 2. The molecule has 1 amide bonds. The third kappa shape index (κ3) is 5.46. The molecule has 1 aromatic heterocycles. The van der Waals surface area contributed by atoms with Crippen LogP contribution in [0.15, 0.2) is 42.6 Å². The zero-order valence-electron chi connectivity index (χ0n) is 14.3. The summed E-state index contributed by atoms with van der Waals surface area (Å²) in [5.41, 5.74) is 2.61. The molecule has 2 aromatic rings. The molecule has 0 unspecified atom stereocenters. The topological polar surface area (TPSA) is 54.0 Å². The van der Waals surface area contributed by atoms with Crippen molar-refractivity contribution in [3.8, 4) is 0 Å². The summed E-state index contributed by atoms with van der Waals surface area (Å²) in [6, 6.07) is 11.9. The number of hydrogen-bond acceptors (Lipinski definition) is 3. The first-order valence-electron chi connectivity index (χ1n) is 8.96. The third-order valence-electron chi connectivity index (χ3n) is 4.59. The molecule has 0 spiro atoms. The first-order valence-corrected chi connectivity index (χ1v) is 9.34. The van der Waals surface area contributed by atoms with Crippen molar-refractivity contribution in [3.63, 3.8) is 0 Å². The standard InChI is InChI=1S/C20H24ClN3O/c21-16-8-6-15(7-9-16)10-12-22-18-11-13-23-19(14-18)20(25)24-17-4-2-1-3-5-17/h6-9,11,13-14,17H,1-5,10,12H2,(H,22,23)(H,24,25). The maximum absolute atomic E-state index is 12.4. The van der Waals surface area contributed by atoms with Gasteiger partial charge in [0, 0.05) is 29.5 Å². The Hall–Kier alpha value is -2.07. The zero-order chi connectivity index (χ0) is 17.5. The lowest BCUT2D eigenvalue weighted by atomic mass is 9.95. The Labute approximate surface area is 154 Å². The minimum atomic E-state index is -0.0757. The van der Waals surface area contributed by atoms with E-state index in [1.54, 1.807) is 6.20 Å². The van der Waals surface area contributed by atoms with Crippen LogP contribution in [0.1, 0.15) is 48.2 Å². The molecule has 25 heavy (non-hydrogen) atoms. The van der Waals surface area contributed by atoms with Gasteiger partial charge >= 0.3 is 0 Å². The van der Waals surface area contributed by atoms with Crippen molar-refractivity contribution in [2.75, 3.05) is 11.9 Å². The van der Waals surface area contributed by atoms with E-state index in [0.717, 1.165) is 36.5 Å². The molecule has 0 atom stereocenters. The maximum atomic E-state index is 12.4. The fourth-order valence-corrected chi connectivity index (χ4v) is 3.30. The molecule has 1 aromatic carbocycles. The summed E-state index contributed by atoms with van der Waals surface area (Å²) in [5.74, 6) is -0.0757. The first kappa shape index (κ1) is 17.7. The van der Waals surface area contributed by atoms with Gasteiger partial charge in [0.15, 0.2) is 0 Å². The molecule has 0 saturated heterocycles. The summed E-state index contributed by atoms with van der Waals surface area (Å²) in [6.07, 6.45) is 8.39. The number of carbonyl (C=O) groups excluding carboxylic acids is 1. The van der Waals surface area contributed by atoms with Gasteiger partial charge in [-0.25, -0.2) is 0 Å². The van der Waals surface area contributed by atoms with E-state index in [1.165, 1.54) is 24.8 Å². The van der Waals surface area contributed by atoms with E-state index in [1.807, 2.05) is 36.4 Å². The number of halogens is 1. The van der Waals surface area contributed by atoms with Gasteiger partial charge in [-0.2, -0.15) is 0 Å². The van der Waals surface area contributed by atoms with Crippen LogP contribution in [0.5, 0.6) is 0 Å². The molecule has 4 nitrogen and oxygen atoms in total. The van der Waals surface area contributed by atoms with Gasteiger partial charge in [0.1, 0.15) is 5.69 Å². The van der Waals surface area contributed by atoms with Crippen LogP contribution in [-0.4, -0.2) is 23.5 Å². The van der Waals surface area contributed by atoms with Crippen LogP contribution in [0.2, 0.25) is 5.02 Å². The van der Waals surface area contributed by atoms with Crippen molar-refractivity contribution in [3.05, 3.63) is 58.9 Å². The Balaban J connectivity index is 1.51. The summed E-state index contributed by atoms with van der Waals surface area (Å²) < 4.78 is 0. The van der Waals surface area contributed by atoms with Gasteiger partial charge in [0.25, 0.3) is 5.91 Å². The second-order valence-corrected chi connectivity index (χ2v) is 6.98. The van der Waals surface area contributed by atoms with E-state index in [9.17, 15) is 4.79 Å². The fraction of sp³-hybridized carbons (Fsp3) is 0.400. The third-order valence-corrected chi connectivity index (χ3v) is 4.84. The van der Waals surface area contributed by atoms with Crippen molar-refractivity contribution >= 4 is 23.2 Å². The second kappa shape index (κ2) is 8.86. The van der Waals surface area contributed by atoms with Crippen LogP contribution in [0.4, 0.5) is 5.69 Å². The first-order chi connectivity index (χ1) is 12.2. The molecule has 2 N–H and O–H groups in total. The van der Waals surface area contributed by atoms with Gasteiger partial charge in [-0.3, -0.25) is 9.78 Å². The number of pyridine rings is 1. The zero-order valence-corrected chi connectivity index (χ0v) is 15.1. The Morgan fingerprint density at radius 3 is 2.64 bits per heavy atom. The summed E-state index contributed by atoms with van der Waals surface area (Å²) in [6.45, 7) is 0.787. The molecule has 5 heteroatoms. The highest BCUT2D eigenvalue weighted by Gasteiger charge is 2.17. The Morgan fingerprint density at radius 1 is 1.12 bits per heavy atom. The van der Waals surface area contributed by atoms with Gasteiger partial charge in [-0.05, 0) is 49.1 Å². The molecular formula is C20H24ClN3O. The molecule has 3 rings (SSSR count). The molecule has 1 aliphatic rings. The van der Waals surface area contributed by atoms with Crippen LogP contribution in [-0.2, 0) is 6.42 Å². The molecule has 1 saturated carbocycles. The lowest BCUT2D eigenvalue weighted by molar-refractivity contribution is 0.0922. The molecule has 1 aliphatic carbocycles. The molecule has 0 bridgehead atoms. The summed E-state index contributed by atoms with van der Waals surface area (Å²) >= 11 is 5.90. The van der Waals surface area contributed by atoms with E-state index >= 15 is 0 Å². The Bertz CT molecular complexity index is 696. The van der Waals surface area contributed by atoms with E-state index in [2.05, 4.69) is 15.6 Å². The Morgan fingerprint density at radius 2 is 1.88 bits per heavy atom. The number of benzene rings is 1. The maximum Gasteiger partial charge on any atom is 0.270 e. The highest BCUT2D eigenvalue weighted by molar-refractivity contribution is 6.30. The molecule has 1 fully saturated rings. The van der Waals surface area contributed by atoms with Gasteiger partial charge in [0.2, 0.25) is 0 Å². The number of nitrogens with one attached hydrogen (secondary N) is 2. The summed E-state index contributed by atoms with van der Waals surface area (Å²) in [7, 11) is 0. The highest BCUT2D eigenvalue weighted by Crippen LogP contribution is 2.18. The number of amides is 1. The summed E-state index contributed by atoms with van der Waals surface area (Å²) in [4.78, 5) is 16.6. The van der Waals surface area contributed by atoms with Crippen LogP contribution >= 0.6 is 11.6 Å². The van der Waals surface area contributed by atoms with E-state index in [4.69, 9.17) is 11.6 Å². The number of aromatic nitrogens is 1. The van der Waals surface area contributed by atoms with Gasteiger partial charge in [-0.1, -0.05) is 43.0 Å². The molecule has 132 valence electrons. The van der Waals surface area contributed by atoms with Crippen molar-refractivity contribution < 1.29 is 4.79 Å². The van der Waals surface area contributed by atoms with E-state index in [0.29, 0.717) is 11.7 Å². The molecule has 1 heterocycles.